The average Bonchev–Trinajstić information content (AvgIpc) is 2.39. The molecule has 1 aromatic rings. The lowest BCUT2D eigenvalue weighted by atomic mass is 10.1. The minimum atomic E-state index is 0.174. The number of amides is 1. The molecular weight excluding hydrogens is 212 g/mol. The van der Waals surface area contributed by atoms with Crippen molar-refractivity contribution in [2.75, 3.05) is 26.2 Å². The van der Waals surface area contributed by atoms with Crippen LogP contribution in [0, 0.1) is 0 Å². The summed E-state index contributed by atoms with van der Waals surface area (Å²) in [6.45, 7) is 8.36. The summed E-state index contributed by atoms with van der Waals surface area (Å²) in [6.07, 6.45) is 0. The van der Waals surface area contributed by atoms with E-state index in [4.69, 9.17) is 0 Å². The number of carbonyl (C=O) groups excluding carboxylic acids is 1. The molecule has 0 aromatic heterocycles. The second kappa shape index (κ2) is 5.32. The molecule has 0 bridgehead atoms. The number of piperazine rings is 1. The molecule has 1 aliphatic heterocycles. The highest BCUT2D eigenvalue weighted by Crippen LogP contribution is 2.04. The van der Waals surface area contributed by atoms with Crippen molar-refractivity contribution in [3.05, 3.63) is 35.9 Å². The summed E-state index contributed by atoms with van der Waals surface area (Å²) in [6, 6.07) is 10.2. The smallest absolute Gasteiger partial charge is 0.254 e. The summed E-state index contributed by atoms with van der Waals surface area (Å²) >= 11 is 0. The Morgan fingerprint density at radius 2 is 1.76 bits per heavy atom. The van der Waals surface area contributed by atoms with E-state index in [1.165, 1.54) is 0 Å². The maximum atomic E-state index is 12.2. The molecular formula is C14H21N2O+. The second-order valence-electron chi connectivity index (χ2n) is 4.97. The van der Waals surface area contributed by atoms with Crippen LogP contribution in [0.2, 0.25) is 0 Å². The maximum Gasteiger partial charge on any atom is 0.254 e. The molecule has 1 aliphatic rings. The first-order valence-corrected chi connectivity index (χ1v) is 6.37. The Balaban J connectivity index is 1.95. The molecule has 0 aliphatic carbocycles. The van der Waals surface area contributed by atoms with Crippen LogP contribution < -0.4 is 4.90 Å². The van der Waals surface area contributed by atoms with Crippen LogP contribution in [0.5, 0.6) is 0 Å². The summed E-state index contributed by atoms with van der Waals surface area (Å²) in [5.41, 5.74) is 0.806. The van der Waals surface area contributed by atoms with Gasteiger partial charge in [-0.2, -0.15) is 0 Å². The van der Waals surface area contributed by atoms with E-state index in [1.807, 2.05) is 35.2 Å². The van der Waals surface area contributed by atoms with Crippen LogP contribution in [0.15, 0.2) is 30.3 Å². The van der Waals surface area contributed by atoms with Crippen LogP contribution in [0.1, 0.15) is 24.2 Å². The van der Waals surface area contributed by atoms with Crippen molar-refractivity contribution < 1.29 is 9.69 Å². The van der Waals surface area contributed by atoms with Crippen molar-refractivity contribution in [2.24, 2.45) is 0 Å². The van der Waals surface area contributed by atoms with E-state index in [-0.39, 0.29) is 5.91 Å². The van der Waals surface area contributed by atoms with Gasteiger partial charge in [-0.1, -0.05) is 18.2 Å². The standard InChI is InChI=1S/C14H20N2O/c1-12(2)15-8-10-16(11-9-15)14(17)13-6-4-3-5-7-13/h3-7,12H,8-11H2,1-2H3/p+1. The molecule has 3 heteroatoms. The van der Waals surface area contributed by atoms with E-state index >= 15 is 0 Å². The molecule has 1 heterocycles. The van der Waals surface area contributed by atoms with Gasteiger partial charge in [0.05, 0.1) is 32.2 Å². The van der Waals surface area contributed by atoms with E-state index in [0.29, 0.717) is 6.04 Å². The van der Waals surface area contributed by atoms with Crippen molar-refractivity contribution in [1.82, 2.24) is 4.90 Å². The molecule has 0 unspecified atom stereocenters. The first kappa shape index (κ1) is 12.1. The van der Waals surface area contributed by atoms with Gasteiger partial charge in [0.2, 0.25) is 0 Å². The van der Waals surface area contributed by atoms with Gasteiger partial charge >= 0.3 is 0 Å². The van der Waals surface area contributed by atoms with Gasteiger partial charge < -0.3 is 9.80 Å². The number of nitrogens with one attached hydrogen (secondary N) is 1. The minimum Gasteiger partial charge on any atom is -0.330 e. The third-order valence-corrected chi connectivity index (χ3v) is 3.53. The molecule has 1 amide bonds. The molecule has 0 atom stereocenters. The molecule has 92 valence electrons. The maximum absolute atomic E-state index is 12.2. The third-order valence-electron chi connectivity index (χ3n) is 3.53. The van der Waals surface area contributed by atoms with Crippen LogP contribution >= 0.6 is 0 Å². The Morgan fingerprint density at radius 1 is 1.18 bits per heavy atom. The summed E-state index contributed by atoms with van der Waals surface area (Å²) < 4.78 is 0. The fourth-order valence-corrected chi connectivity index (χ4v) is 2.34. The van der Waals surface area contributed by atoms with Gasteiger partial charge in [0, 0.05) is 5.56 Å². The topological polar surface area (TPSA) is 24.8 Å². The lowest BCUT2D eigenvalue weighted by Gasteiger charge is -2.34. The molecule has 17 heavy (non-hydrogen) atoms. The number of benzene rings is 1. The fraction of sp³-hybridized carbons (Fsp3) is 0.500. The first-order chi connectivity index (χ1) is 8.18. The first-order valence-electron chi connectivity index (χ1n) is 6.37. The van der Waals surface area contributed by atoms with Gasteiger partial charge in [-0.25, -0.2) is 0 Å². The highest BCUT2D eigenvalue weighted by molar-refractivity contribution is 5.94. The number of rotatable bonds is 2. The largest absolute Gasteiger partial charge is 0.330 e. The molecule has 0 radical (unpaired) electrons. The lowest BCUT2D eigenvalue weighted by Crippen LogP contribution is -3.17. The van der Waals surface area contributed by atoms with Gasteiger partial charge in [0.15, 0.2) is 0 Å². The number of hydrogen-bond acceptors (Lipinski definition) is 1. The monoisotopic (exact) mass is 233 g/mol. The Kier molecular flexibility index (Phi) is 3.79. The van der Waals surface area contributed by atoms with Crippen LogP contribution in [0.3, 0.4) is 0 Å². The van der Waals surface area contributed by atoms with Crippen molar-refractivity contribution in [3.63, 3.8) is 0 Å². The Labute approximate surface area is 103 Å². The third kappa shape index (κ3) is 2.86. The van der Waals surface area contributed by atoms with Crippen molar-refractivity contribution in [2.45, 2.75) is 19.9 Å². The van der Waals surface area contributed by atoms with E-state index in [0.717, 1.165) is 31.7 Å². The highest BCUT2D eigenvalue weighted by atomic mass is 16.2. The van der Waals surface area contributed by atoms with Crippen LogP contribution in [-0.4, -0.2) is 43.0 Å². The van der Waals surface area contributed by atoms with Crippen molar-refractivity contribution >= 4 is 5.91 Å². The van der Waals surface area contributed by atoms with E-state index in [1.54, 1.807) is 4.90 Å². The van der Waals surface area contributed by atoms with Crippen molar-refractivity contribution in [3.8, 4) is 0 Å². The molecule has 3 nitrogen and oxygen atoms in total. The molecule has 0 spiro atoms. The molecule has 1 fully saturated rings. The zero-order chi connectivity index (χ0) is 12.3. The summed E-state index contributed by atoms with van der Waals surface area (Å²) in [7, 11) is 0. The SMILES string of the molecule is CC(C)[NH+]1CCN(C(=O)c2ccccc2)CC1. The number of nitrogens with zero attached hydrogens (tertiary/aromatic N) is 1. The highest BCUT2D eigenvalue weighted by Gasteiger charge is 2.25. The predicted octanol–water partition coefficient (Wildman–Crippen LogP) is 0.436. The number of quaternary nitrogens is 1. The molecule has 2 rings (SSSR count). The fourth-order valence-electron chi connectivity index (χ4n) is 2.34. The van der Waals surface area contributed by atoms with Gasteiger partial charge in [-0.15, -0.1) is 0 Å². The van der Waals surface area contributed by atoms with Crippen molar-refractivity contribution in [1.29, 1.82) is 0 Å². The minimum absolute atomic E-state index is 0.174. The molecule has 1 aromatic carbocycles. The Bertz CT molecular complexity index is 367. The van der Waals surface area contributed by atoms with Crippen LogP contribution in [0.4, 0.5) is 0 Å². The van der Waals surface area contributed by atoms with Gasteiger partial charge in [-0.3, -0.25) is 4.79 Å². The molecule has 0 saturated carbocycles. The average molecular weight is 233 g/mol. The van der Waals surface area contributed by atoms with Crippen LogP contribution in [-0.2, 0) is 0 Å². The summed E-state index contributed by atoms with van der Waals surface area (Å²) in [5, 5.41) is 0. The lowest BCUT2D eigenvalue weighted by molar-refractivity contribution is -0.925. The zero-order valence-corrected chi connectivity index (χ0v) is 10.6. The van der Waals surface area contributed by atoms with Gasteiger partial charge in [0.1, 0.15) is 0 Å². The second-order valence-corrected chi connectivity index (χ2v) is 4.97. The van der Waals surface area contributed by atoms with E-state index in [9.17, 15) is 4.79 Å². The Morgan fingerprint density at radius 3 is 2.29 bits per heavy atom. The summed E-state index contributed by atoms with van der Waals surface area (Å²) in [4.78, 5) is 15.8. The molecule has 1 N–H and O–H groups in total. The number of carbonyl (C=O) groups is 1. The van der Waals surface area contributed by atoms with E-state index in [2.05, 4.69) is 13.8 Å². The van der Waals surface area contributed by atoms with Gasteiger partial charge in [-0.05, 0) is 26.0 Å². The zero-order valence-electron chi connectivity index (χ0n) is 10.6. The quantitative estimate of drug-likeness (QED) is 0.787. The van der Waals surface area contributed by atoms with Crippen LogP contribution in [0.25, 0.3) is 0 Å². The summed E-state index contributed by atoms with van der Waals surface area (Å²) in [5.74, 6) is 0.174. The molecule has 1 saturated heterocycles. The number of hydrogen-bond donors (Lipinski definition) is 1. The Hall–Kier alpha value is -1.35. The van der Waals surface area contributed by atoms with E-state index < -0.39 is 0 Å². The predicted molar refractivity (Wildman–Crippen MR) is 68.2 cm³/mol. The van der Waals surface area contributed by atoms with Gasteiger partial charge in [0.25, 0.3) is 5.91 Å². The normalized spacial score (nSPS) is 17.5.